The summed E-state index contributed by atoms with van der Waals surface area (Å²) < 4.78 is 5.05. The maximum absolute atomic E-state index is 11.9. The van der Waals surface area contributed by atoms with Crippen molar-refractivity contribution in [2.45, 2.75) is 19.9 Å². The molecule has 0 saturated heterocycles. The van der Waals surface area contributed by atoms with Crippen molar-refractivity contribution in [3.05, 3.63) is 29.8 Å². The average Bonchev–Trinajstić information content (AvgIpc) is 2.35. The van der Waals surface area contributed by atoms with E-state index in [4.69, 9.17) is 9.84 Å². The van der Waals surface area contributed by atoms with Crippen LogP contribution in [0.2, 0.25) is 0 Å². The Morgan fingerprint density at radius 1 is 1.47 bits per heavy atom. The van der Waals surface area contributed by atoms with E-state index in [1.165, 1.54) is 0 Å². The van der Waals surface area contributed by atoms with Gasteiger partial charge in [0.25, 0.3) is 5.91 Å². The number of ether oxygens (including phenoxy) is 1. The molecule has 1 amide bonds. The SMILES string of the molecule is COc1cccc(C(=O)N[C@H](CO)C(C)C)c1. The Bertz CT molecular complexity index is 377. The van der Waals surface area contributed by atoms with E-state index in [1.807, 2.05) is 13.8 Å². The summed E-state index contributed by atoms with van der Waals surface area (Å²) in [4.78, 5) is 11.9. The minimum atomic E-state index is -0.228. The molecule has 1 aromatic carbocycles. The zero-order valence-corrected chi connectivity index (χ0v) is 10.4. The van der Waals surface area contributed by atoms with Crippen molar-refractivity contribution >= 4 is 5.91 Å². The Balaban J connectivity index is 2.75. The van der Waals surface area contributed by atoms with Gasteiger partial charge >= 0.3 is 0 Å². The maximum Gasteiger partial charge on any atom is 0.251 e. The minimum Gasteiger partial charge on any atom is -0.497 e. The third kappa shape index (κ3) is 3.75. The van der Waals surface area contributed by atoms with Crippen LogP contribution in [0.3, 0.4) is 0 Å². The third-order valence-electron chi connectivity index (χ3n) is 2.65. The summed E-state index contributed by atoms with van der Waals surface area (Å²) in [5, 5.41) is 11.9. The monoisotopic (exact) mass is 237 g/mol. The molecule has 0 aliphatic rings. The third-order valence-corrected chi connectivity index (χ3v) is 2.65. The van der Waals surface area contributed by atoms with Gasteiger partial charge in [0.1, 0.15) is 5.75 Å². The van der Waals surface area contributed by atoms with Crippen molar-refractivity contribution in [2.24, 2.45) is 5.92 Å². The number of carbonyl (C=O) groups is 1. The first-order valence-electron chi connectivity index (χ1n) is 5.64. The summed E-state index contributed by atoms with van der Waals surface area (Å²) in [6.45, 7) is 3.84. The smallest absolute Gasteiger partial charge is 0.251 e. The van der Waals surface area contributed by atoms with Crippen LogP contribution in [0.25, 0.3) is 0 Å². The van der Waals surface area contributed by atoms with Crippen LogP contribution in [0.1, 0.15) is 24.2 Å². The van der Waals surface area contributed by atoms with Crippen molar-refractivity contribution in [1.29, 1.82) is 0 Å². The van der Waals surface area contributed by atoms with Crippen molar-refractivity contribution in [3.63, 3.8) is 0 Å². The molecule has 4 heteroatoms. The van der Waals surface area contributed by atoms with Gasteiger partial charge in [-0.25, -0.2) is 0 Å². The Hall–Kier alpha value is -1.55. The number of benzene rings is 1. The van der Waals surface area contributed by atoms with Gasteiger partial charge < -0.3 is 15.2 Å². The molecule has 0 aliphatic heterocycles. The quantitative estimate of drug-likeness (QED) is 0.814. The highest BCUT2D eigenvalue weighted by molar-refractivity contribution is 5.94. The van der Waals surface area contributed by atoms with E-state index < -0.39 is 0 Å². The summed E-state index contributed by atoms with van der Waals surface area (Å²) >= 11 is 0. The number of carbonyl (C=O) groups excluding carboxylic acids is 1. The molecule has 0 fully saturated rings. The number of hydrogen-bond acceptors (Lipinski definition) is 3. The molecule has 1 rings (SSSR count). The predicted octanol–water partition coefficient (Wildman–Crippen LogP) is 1.44. The molecule has 0 unspecified atom stereocenters. The molecule has 1 aromatic rings. The lowest BCUT2D eigenvalue weighted by molar-refractivity contribution is 0.0896. The number of methoxy groups -OCH3 is 1. The lowest BCUT2D eigenvalue weighted by Crippen LogP contribution is -2.41. The zero-order chi connectivity index (χ0) is 12.8. The van der Waals surface area contributed by atoms with Crippen LogP contribution in [0.5, 0.6) is 5.75 Å². The molecule has 0 bridgehead atoms. The largest absolute Gasteiger partial charge is 0.497 e. The van der Waals surface area contributed by atoms with Gasteiger partial charge in [0.2, 0.25) is 0 Å². The highest BCUT2D eigenvalue weighted by Crippen LogP contribution is 2.13. The molecule has 0 saturated carbocycles. The molecule has 0 aliphatic carbocycles. The highest BCUT2D eigenvalue weighted by Gasteiger charge is 2.16. The molecular formula is C13H19NO3. The zero-order valence-electron chi connectivity index (χ0n) is 10.4. The van der Waals surface area contributed by atoms with E-state index in [2.05, 4.69) is 5.32 Å². The summed E-state index contributed by atoms with van der Waals surface area (Å²) in [5.74, 6) is 0.633. The molecule has 0 radical (unpaired) electrons. The van der Waals surface area contributed by atoms with E-state index in [-0.39, 0.29) is 24.5 Å². The molecular weight excluding hydrogens is 218 g/mol. The Morgan fingerprint density at radius 3 is 2.71 bits per heavy atom. The second-order valence-electron chi connectivity index (χ2n) is 4.24. The van der Waals surface area contributed by atoms with Crippen molar-refractivity contribution in [1.82, 2.24) is 5.32 Å². The Kier molecular flexibility index (Phi) is 4.97. The molecule has 2 N–H and O–H groups in total. The minimum absolute atomic E-state index is 0.0621. The predicted molar refractivity (Wildman–Crippen MR) is 66.2 cm³/mol. The number of rotatable bonds is 5. The van der Waals surface area contributed by atoms with Crippen LogP contribution in [0, 0.1) is 5.92 Å². The van der Waals surface area contributed by atoms with E-state index >= 15 is 0 Å². The lowest BCUT2D eigenvalue weighted by atomic mass is 10.0. The molecule has 0 heterocycles. The van der Waals surface area contributed by atoms with Gasteiger partial charge in [0.05, 0.1) is 19.8 Å². The van der Waals surface area contributed by atoms with Crippen molar-refractivity contribution in [2.75, 3.05) is 13.7 Å². The average molecular weight is 237 g/mol. The van der Waals surface area contributed by atoms with Crippen LogP contribution in [0.15, 0.2) is 24.3 Å². The van der Waals surface area contributed by atoms with Crippen LogP contribution >= 0.6 is 0 Å². The van der Waals surface area contributed by atoms with E-state index in [0.717, 1.165) is 0 Å². The van der Waals surface area contributed by atoms with Gasteiger partial charge in [-0.05, 0) is 24.1 Å². The van der Waals surface area contributed by atoms with Crippen LogP contribution in [0.4, 0.5) is 0 Å². The van der Waals surface area contributed by atoms with E-state index in [0.29, 0.717) is 11.3 Å². The van der Waals surface area contributed by atoms with Crippen LogP contribution < -0.4 is 10.1 Å². The number of hydrogen-bond donors (Lipinski definition) is 2. The fourth-order valence-corrected chi connectivity index (χ4v) is 1.44. The molecule has 0 aromatic heterocycles. The van der Waals surface area contributed by atoms with Gasteiger partial charge in [0, 0.05) is 5.56 Å². The first kappa shape index (κ1) is 13.5. The molecule has 0 spiro atoms. The van der Waals surface area contributed by atoms with Gasteiger partial charge in [0.15, 0.2) is 0 Å². The summed E-state index contributed by atoms with van der Waals surface area (Å²) in [6.07, 6.45) is 0. The molecule has 1 atom stereocenters. The van der Waals surface area contributed by atoms with Crippen molar-refractivity contribution in [3.8, 4) is 5.75 Å². The summed E-state index contributed by atoms with van der Waals surface area (Å²) in [7, 11) is 1.56. The first-order valence-corrected chi connectivity index (χ1v) is 5.64. The second kappa shape index (κ2) is 6.25. The highest BCUT2D eigenvalue weighted by atomic mass is 16.5. The topological polar surface area (TPSA) is 58.6 Å². The number of nitrogens with one attached hydrogen (secondary N) is 1. The fraction of sp³-hybridized carbons (Fsp3) is 0.462. The van der Waals surface area contributed by atoms with Crippen molar-refractivity contribution < 1.29 is 14.6 Å². The number of amides is 1. The Morgan fingerprint density at radius 2 is 2.18 bits per heavy atom. The lowest BCUT2D eigenvalue weighted by Gasteiger charge is -2.19. The number of aliphatic hydroxyl groups excluding tert-OH is 1. The standard InChI is InChI=1S/C13H19NO3/c1-9(2)12(8-15)14-13(16)10-5-4-6-11(7-10)17-3/h4-7,9,12,15H,8H2,1-3H3,(H,14,16)/t12-/m1/s1. The van der Waals surface area contributed by atoms with Crippen LogP contribution in [-0.2, 0) is 0 Å². The summed E-state index contributed by atoms with van der Waals surface area (Å²) in [5.41, 5.74) is 0.531. The molecule has 94 valence electrons. The van der Waals surface area contributed by atoms with Crippen LogP contribution in [-0.4, -0.2) is 30.8 Å². The first-order chi connectivity index (χ1) is 8.08. The number of aliphatic hydroxyl groups is 1. The van der Waals surface area contributed by atoms with E-state index in [9.17, 15) is 4.79 Å². The fourth-order valence-electron chi connectivity index (χ4n) is 1.44. The van der Waals surface area contributed by atoms with E-state index in [1.54, 1.807) is 31.4 Å². The van der Waals surface area contributed by atoms with Gasteiger partial charge in [-0.3, -0.25) is 4.79 Å². The summed E-state index contributed by atoms with van der Waals surface area (Å²) in [6, 6.07) is 6.70. The van der Waals surface area contributed by atoms with Gasteiger partial charge in [-0.2, -0.15) is 0 Å². The maximum atomic E-state index is 11.9. The molecule has 4 nitrogen and oxygen atoms in total. The second-order valence-corrected chi connectivity index (χ2v) is 4.24. The molecule has 17 heavy (non-hydrogen) atoms. The Labute approximate surface area is 102 Å². The van der Waals surface area contributed by atoms with Gasteiger partial charge in [-0.1, -0.05) is 19.9 Å². The van der Waals surface area contributed by atoms with Gasteiger partial charge in [-0.15, -0.1) is 0 Å². The normalized spacial score (nSPS) is 12.3.